The van der Waals surface area contributed by atoms with Gasteiger partial charge in [0.2, 0.25) is 17.6 Å². The van der Waals surface area contributed by atoms with Crippen LogP contribution in [0.4, 0.5) is 27.6 Å². The van der Waals surface area contributed by atoms with Gasteiger partial charge >= 0.3 is 5.97 Å². The van der Waals surface area contributed by atoms with Gasteiger partial charge in [-0.1, -0.05) is 34.0 Å². The zero-order chi connectivity index (χ0) is 37.5. The second-order valence-corrected chi connectivity index (χ2v) is 14.9. The number of carboxylic acid groups (broad SMARTS) is 1. The molecule has 6 atom stereocenters. The Labute approximate surface area is 304 Å². The molecule has 4 aliphatic rings. The number of hydrogen-bond acceptors (Lipinski definition) is 7. The number of anilines is 1. The van der Waals surface area contributed by atoms with Crippen LogP contribution in [0.3, 0.4) is 0 Å². The third-order valence-corrected chi connectivity index (χ3v) is 12.1. The van der Waals surface area contributed by atoms with Gasteiger partial charge in [-0.2, -0.15) is 0 Å². The maximum absolute atomic E-state index is 15.2. The van der Waals surface area contributed by atoms with E-state index in [1.807, 2.05) is 0 Å². The van der Waals surface area contributed by atoms with E-state index >= 15 is 8.78 Å². The van der Waals surface area contributed by atoms with E-state index in [0.717, 1.165) is 4.90 Å². The lowest BCUT2D eigenvalue weighted by Gasteiger charge is -2.50. The predicted octanol–water partition coefficient (Wildman–Crippen LogP) is 6.07. The Balaban J connectivity index is 1.51. The molecule has 51 heavy (non-hydrogen) atoms. The lowest BCUT2D eigenvalue weighted by atomic mass is 9.56. The monoisotopic (exact) mass is 822 g/mol. The fourth-order valence-electron chi connectivity index (χ4n) is 7.89. The summed E-state index contributed by atoms with van der Waals surface area (Å²) < 4.78 is 78.8. The number of alkyl halides is 2. The van der Waals surface area contributed by atoms with Gasteiger partial charge in [-0.15, -0.1) is 23.2 Å². The van der Waals surface area contributed by atoms with Gasteiger partial charge in [0, 0.05) is 28.9 Å². The number of amides is 4. The summed E-state index contributed by atoms with van der Waals surface area (Å²) in [5.74, 6) is -23.8. The summed E-state index contributed by atoms with van der Waals surface area (Å²) >= 11 is 17.5. The summed E-state index contributed by atoms with van der Waals surface area (Å²) in [6.45, 7) is -0.0453. The smallest absolute Gasteiger partial charge is 0.303 e. The molecule has 2 aromatic carbocycles. The first kappa shape index (κ1) is 37.0. The number of rotatable bonds is 9. The van der Waals surface area contributed by atoms with Gasteiger partial charge in [-0.05, 0) is 43.7 Å². The molecule has 2 saturated heterocycles. The quantitative estimate of drug-likeness (QED) is 0.0591. The number of carbonyl (C=O) groups is 5. The third kappa shape index (κ3) is 5.25. The van der Waals surface area contributed by atoms with Crippen LogP contribution in [0.5, 0.6) is 11.5 Å². The van der Waals surface area contributed by atoms with Crippen molar-refractivity contribution >= 4 is 74.4 Å². The number of unbranched alkanes of at least 4 members (excludes halogenated alkanes) is 2. The molecule has 10 nitrogen and oxygen atoms in total. The Morgan fingerprint density at radius 2 is 1.57 bits per heavy atom. The maximum atomic E-state index is 15.2. The lowest BCUT2D eigenvalue weighted by Crippen LogP contribution is -2.60. The minimum atomic E-state index is -2.82. The molecule has 2 aliphatic carbocycles. The molecule has 0 spiro atoms. The number of halogens is 8. The molecule has 2 heterocycles. The number of ether oxygens (including phenoxy) is 1. The van der Waals surface area contributed by atoms with E-state index in [2.05, 4.69) is 15.9 Å². The number of likely N-dealkylation sites (tertiary alicyclic amines) is 1. The molecule has 3 fully saturated rings. The third-order valence-electron chi connectivity index (χ3n) is 10.2. The molecule has 0 radical (unpaired) electrons. The zero-order valence-corrected chi connectivity index (χ0v) is 29.4. The second kappa shape index (κ2) is 13.0. The van der Waals surface area contributed by atoms with Crippen molar-refractivity contribution in [3.63, 3.8) is 0 Å². The Kier molecular flexibility index (Phi) is 9.45. The molecule has 0 unspecified atom stereocenters. The first-order chi connectivity index (χ1) is 23.9. The van der Waals surface area contributed by atoms with Gasteiger partial charge in [0.15, 0.2) is 44.5 Å². The number of carboxylic acids is 1. The molecule has 6 rings (SSSR count). The Bertz CT molecular complexity index is 1940. The number of benzene rings is 2. The van der Waals surface area contributed by atoms with Crippen molar-refractivity contribution in [3.05, 3.63) is 62.9 Å². The van der Waals surface area contributed by atoms with Crippen LogP contribution in [0.1, 0.15) is 50.0 Å². The first-order valence-corrected chi connectivity index (χ1v) is 17.1. The lowest BCUT2D eigenvalue weighted by molar-refractivity contribution is -0.141. The summed E-state index contributed by atoms with van der Waals surface area (Å²) in [5.41, 5.74) is -1.97. The van der Waals surface area contributed by atoms with Crippen LogP contribution in [0, 0.1) is 46.8 Å². The molecule has 0 bridgehead atoms. The van der Waals surface area contributed by atoms with Crippen LogP contribution < -0.4 is 9.64 Å². The predicted molar refractivity (Wildman–Crippen MR) is 172 cm³/mol. The van der Waals surface area contributed by atoms with E-state index < -0.39 is 110 Å². The second-order valence-electron chi connectivity index (χ2n) is 12.8. The van der Waals surface area contributed by atoms with Crippen LogP contribution >= 0.6 is 39.1 Å². The summed E-state index contributed by atoms with van der Waals surface area (Å²) in [4.78, 5) is 62.3. The number of phenolic OH excluding ortho intramolecular Hbond substituents is 1. The van der Waals surface area contributed by atoms with Crippen LogP contribution in [-0.2, 0) is 24.0 Å². The van der Waals surface area contributed by atoms with E-state index in [4.69, 9.17) is 33.0 Å². The molecule has 2 aliphatic heterocycles. The van der Waals surface area contributed by atoms with E-state index in [1.165, 1.54) is 25.3 Å². The van der Waals surface area contributed by atoms with Crippen molar-refractivity contribution in [2.24, 2.45) is 17.8 Å². The van der Waals surface area contributed by atoms with Crippen molar-refractivity contribution in [1.82, 2.24) is 4.90 Å². The highest BCUT2D eigenvalue weighted by Gasteiger charge is 2.77. The van der Waals surface area contributed by atoms with E-state index in [1.54, 1.807) is 0 Å². The number of fused-ring (bicyclic) bond motifs is 4. The minimum absolute atomic E-state index is 0.0453. The number of allylic oxidation sites excluding steroid dienone is 2. The molecule has 4 amide bonds. The van der Waals surface area contributed by atoms with Gasteiger partial charge in [-0.25, -0.2) is 26.9 Å². The number of aliphatic carboxylic acids is 1. The number of aromatic hydroxyl groups is 1. The zero-order valence-electron chi connectivity index (χ0n) is 26.3. The van der Waals surface area contributed by atoms with Gasteiger partial charge in [0.1, 0.15) is 5.69 Å². The summed E-state index contributed by atoms with van der Waals surface area (Å²) in [5, 5.41) is 20.3. The SMILES string of the molecule is COc1cc(Br)cc([C@H]2C3=CC[C@@H]4C(=O)N(CCCCCC(=O)O)C(=O)[C@@H]4[C@@H]3C[C@@]3(Cl)C(=O)N(c4c(F)c(F)c(F)c(F)c4F)C(=O)[C@@]23Cl)c1O. The molecule has 2 N–H and O–H groups in total. The number of nitrogens with zero attached hydrogens (tertiary/aromatic N) is 2. The molecule has 0 aromatic heterocycles. The summed E-state index contributed by atoms with van der Waals surface area (Å²) in [6.07, 6.45) is 1.60. The number of carbonyl (C=O) groups excluding carboxylic acids is 4. The van der Waals surface area contributed by atoms with Crippen molar-refractivity contribution in [3.8, 4) is 11.5 Å². The van der Waals surface area contributed by atoms with Gasteiger partial charge in [0.05, 0.1) is 18.9 Å². The fourth-order valence-corrected chi connectivity index (χ4v) is 9.27. The van der Waals surface area contributed by atoms with E-state index in [0.29, 0.717) is 12.8 Å². The molecular formula is C33H26BrCl2F5N2O8. The van der Waals surface area contributed by atoms with Crippen LogP contribution in [-0.4, -0.2) is 68.1 Å². The van der Waals surface area contributed by atoms with Crippen LogP contribution in [0.25, 0.3) is 0 Å². The minimum Gasteiger partial charge on any atom is -0.504 e. The van der Waals surface area contributed by atoms with Crippen LogP contribution in [0.2, 0.25) is 0 Å². The topological polar surface area (TPSA) is 142 Å². The van der Waals surface area contributed by atoms with Crippen molar-refractivity contribution in [2.45, 2.75) is 54.2 Å². The number of methoxy groups -OCH3 is 1. The first-order valence-electron chi connectivity index (χ1n) is 15.6. The number of imide groups is 2. The number of hydrogen-bond donors (Lipinski definition) is 2. The molecule has 1 saturated carbocycles. The average molecular weight is 824 g/mol. The normalized spacial score (nSPS) is 28.5. The highest BCUT2D eigenvalue weighted by atomic mass is 79.9. The Morgan fingerprint density at radius 3 is 2.18 bits per heavy atom. The van der Waals surface area contributed by atoms with Gasteiger partial charge < -0.3 is 14.9 Å². The van der Waals surface area contributed by atoms with E-state index in [9.17, 15) is 42.3 Å². The highest BCUT2D eigenvalue weighted by Crippen LogP contribution is 2.67. The van der Waals surface area contributed by atoms with Crippen molar-refractivity contribution < 1.29 is 60.9 Å². The highest BCUT2D eigenvalue weighted by molar-refractivity contribution is 9.10. The van der Waals surface area contributed by atoms with Gasteiger partial charge in [0.25, 0.3) is 11.8 Å². The Morgan fingerprint density at radius 1 is 0.941 bits per heavy atom. The summed E-state index contributed by atoms with van der Waals surface area (Å²) in [7, 11) is 1.20. The maximum Gasteiger partial charge on any atom is 0.303 e. The van der Waals surface area contributed by atoms with Crippen molar-refractivity contribution in [2.75, 3.05) is 18.6 Å². The molecule has 272 valence electrons. The number of phenols is 1. The fraction of sp³-hybridized carbons (Fsp3) is 0.424. The molecular weight excluding hydrogens is 798 g/mol. The Hall–Kier alpha value is -3.76. The average Bonchev–Trinajstić information content (AvgIpc) is 3.41. The standard InChI is InChI=1S/C33H26BrCl2F5N2O8/c1-51-17-10-12(34)9-15(27(17)46)20-13-6-7-14-19(29(48)42(28(14)47)8-4-2-3-5-18(44)45)16(13)11-32(35)30(49)43(31(50)33(20,32)36)26-24(40)22(38)21(37)23(39)25(26)41/h6,9-10,14,16,19-20,46H,2-5,7-8,11H2,1H3,(H,44,45)/t14-,16+,19-,20+,32+,33-/m0/s1. The van der Waals surface area contributed by atoms with Crippen LogP contribution in [0.15, 0.2) is 28.3 Å². The van der Waals surface area contributed by atoms with Gasteiger partial charge in [-0.3, -0.25) is 28.9 Å². The molecule has 18 heteroatoms. The van der Waals surface area contributed by atoms with E-state index in [-0.39, 0.29) is 52.1 Å². The van der Waals surface area contributed by atoms with Crippen molar-refractivity contribution in [1.29, 1.82) is 0 Å². The molecule has 2 aromatic rings. The largest absolute Gasteiger partial charge is 0.504 e. The summed E-state index contributed by atoms with van der Waals surface area (Å²) in [6, 6.07) is 2.64.